The Hall–Kier alpha value is -2.20. The highest BCUT2D eigenvalue weighted by molar-refractivity contribution is 8.00. The van der Waals surface area contributed by atoms with Crippen LogP contribution in [0.5, 0.6) is 0 Å². The van der Waals surface area contributed by atoms with Crippen molar-refractivity contribution in [3.05, 3.63) is 16.8 Å². The predicted octanol–water partition coefficient (Wildman–Crippen LogP) is 1.79. The van der Waals surface area contributed by atoms with E-state index in [0.29, 0.717) is 11.6 Å². The van der Waals surface area contributed by atoms with Crippen LogP contribution < -0.4 is 10.6 Å². The molecule has 0 atom stereocenters. The Morgan fingerprint density at radius 1 is 1.28 bits per heavy atom. The first-order valence-electron chi connectivity index (χ1n) is 7.49. The van der Waals surface area contributed by atoms with Crippen molar-refractivity contribution in [3.63, 3.8) is 0 Å². The molecule has 2 rings (SSSR count). The highest BCUT2D eigenvalue weighted by Crippen LogP contribution is 2.34. The molecular formula is C15H18N4O4S2. The number of imide groups is 1. The zero-order valence-corrected chi connectivity index (χ0v) is 15.7. The van der Waals surface area contributed by atoms with Gasteiger partial charge in [-0.2, -0.15) is 0 Å². The molecule has 0 unspecified atom stereocenters. The van der Waals surface area contributed by atoms with E-state index < -0.39 is 24.5 Å². The number of thioether (sulfide) groups is 1. The zero-order chi connectivity index (χ0) is 18.4. The molecule has 0 spiro atoms. The summed E-state index contributed by atoms with van der Waals surface area (Å²) in [6, 6.07) is -0.621. The third-order valence-corrected chi connectivity index (χ3v) is 5.29. The Morgan fingerprint density at radius 3 is 2.76 bits per heavy atom. The highest BCUT2D eigenvalue weighted by Gasteiger charge is 2.15. The van der Waals surface area contributed by atoms with E-state index in [0.717, 1.165) is 20.7 Å². The number of carbonyl (C=O) groups excluding carboxylic acids is 3. The van der Waals surface area contributed by atoms with Crippen LogP contribution in [0.15, 0.2) is 11.4 Å². The van der Waals surface area contributed by atoms with Crippen LogP contribution in [-0.4, -0.2) is 46.8 Å². The molecule has 2 heterocycles. The molecule has 3 amide bonds. The average molecular weight is 382 g/mol. The first kappa shape index (κ1) is 19.1. The molecule has 0 radical (unpaired) electrons. The average Bonchev–Trinajstić information content (AvgIpc) is 2.86. The number of fused-ring (bicyclic) bond motifs is 1. The van der Waals surface area contributed by atoms with Crippen LogP contribution in [0.3, 0.4) is 0 Å². The number of rotatable bonds is 6. The fraction of sp³-hybridized carbons (Fsp3) is 0.400. The molecular weight excluding hydrogens is 364 g/mol. The van der Waals surface area contributed by atoms with Crippen LogP contribution in [0.1, 0.15) is 17.4 Å². The van der Waals surface area contributed by atoms with Gasteiger partial charge in [0.25, 0.3) is 5.91 Å². The summed E-state index contributed by atoms with van der Waals surface area (Å²) in [6.07, 6.45) is 1.46. The number of hydrogen-bond donors (Lipinski definition) is 2. The van der Waals surface area contributed by atoms with Gasteiger partial charge in [0, 0.05) is 16.8 Å². The Labute approximate surface area is 152 Å². The fourth-order valence-electron chi connectivity index (χ4n) is 1.94. The summed E-state index contributed by atoms with van der Waals surface area (Å²) in [7, 11) is 0. The van der Waals surface area contributed by atoms with E-state index in [9.17, 15) is 14.4 Å². The van der Waals surface area contributed by atoms with Gasteiger partial charge in [-0.05, 0) is 26.3 Å². The second kappa shape index (κ2) is 8.77. The van der Waals surface area contributed by atoms with Crippen molar-refractivity contribution in [2.24, 2.45) is 0 Å². The van der Waals surface area contributed by atoms with Gasteiger partial charge in [0.05, 0.1) is 5.75 Å². The summed E-state index contributed by atoms with van der Waals surface area (Å²) >= 11 is 2.81. The molecule has 0 saturated heterocycles. The third kappa shape index (κ3) is 5.13. The largest absolute Gasteiger partial charge is 0.455 e. The summed E-state index contributed by atoms with van der Waals surface area (Å²) in [5, 5.41) is 6.10. The van der Waals surface area contributed by atoms with E-state index >= 15 is 0 Å². The first-order valence-corrected chi connectivity index (χ1v) is 9.29. The maximum atomic E-state index is 11.8. The van der Waals surface area contributed by atoms with Crippen molar-refractivity contribution in [1.29, 1.82) is 0 Å². The minimum Gasteiger partial charge on any atom is -0.455 e. The van der Waals surface area contributed by atoms with Gasteiger partial charge < -0.3 is 10.1 Å². The van der Waals surface area contributed by atoms with Gasteiger partial charge in [0.15, 0.2) is 6.61 Å². The molecule has 0 aliphatic rings. The Kier molecular flexibility index (Phi) is 6.71. The molecule has 134 valence electrons. The monoisotopic (exact) mass is 382 g/mol. The van der Waals surface area contributed by atoms with E-state index in [2.05, 4.69) is 20.6 Å². The maximum Gasteiger partial charge on any atom is 0.321 e. The third-order valence-electron chi connectivity index (χ3n) is 3.21. The molecule has 0 aromatic carbocycles. The number of thiophene rings is 1. The van der Waals surface area contributed by atoms with Crippen molar-refractivity contribution in [2.75, 3.05) is 18.9 Å². The number of urea groups is 1. The van der Waals surface area contributed by atoms with Gasteiger partial charge in [0.1, 0.15) is 16.2 Å². The molecule has 0 aliphatic heterocycles. The van der Waals surface area contributed by atoms with Crippen molar-refractivity contribution in [3.8, 4) is 0 Å². The topological polar surface area (TPSA) is 110 Å². The number of carbonyl (C=O) groups is 3. The van der Waals surface area contributed by atoms with Crippen molar-refractivity contribution < 1.29 is 19.1 Å². The fourth-order valence-corrected chi connectivity index (χ4v) is 3.86. The number of ether oxygens (including phenoxy) is 1. The lowest BCUT2D eigenvalue weighted by Crippen LogP contribution is -2.41. The van der Waals surface area contributed by atoms with Gasteiger partial charge >= 0.3 is 12.0 Å². The highest BCUT2D eigenvalue weighted by atomic mass is 32.2. The van der Waals surface area contributed by atoms with Crippen LogP contribution in [0.25, 0.3) is 10.2 Å². The van der Waals surface area contributed by atoms with Gasteiger partial charge in [0.2, 0.25) is 0 Å². The first-order chi connectivity index (χ1) is 11.9. The summed E-state index contributed by atoms with van der Waals surface area (Å²) < 4.78 is 4.86. The van der Waals surface area contributed by atoms with Crippen LogP contribution in [0.2, 0.25) is 0 Å². The maximum absolute atomic E-state index is 11.8. The standard InChI is InChI=1S/C15H18N4O4S2/c1-4-16-15(22)19-10(20)5-23-11(21)6-24-13-12-8(2)9(3)25-14(12)18-7-17-13/h7H,4-6H2,1-3H3,(H2,16,19,20,22). The van der Waals surface area contributed by atoms with Crippen LogP contribution >= 0.6 is 23.1 Å². The van der Waals surface area contributed by atoms with Gasteiger partial charge in [-0.3, -0.25) is 14.9 Å². The quantitative estimate of drug-likeness (QED) is 0.445. The minimum absolute atomic E-state index is 0.00881. The lowest BCUT2D eigenvalue weighted by molar-refractivity contribution is -0.145. The summed E-state index contributed by atoms with van der Waals surface area (Å²) in [5.74, 6) is -1.24. The zero-order valence-electron chi connectivity index (χ0n) is 14.0. The van der Waals surface area contributed by atoms with Gasteiger partial charge in [-0.25, -0.2) is 14.8 Å². The molecule has 2 N–H and O–H groups in total. The molecule has 0 bridgehead atoms. The summed E-state index contributed by atoms with van der Waals surface area (Å²) in [6.45, 7) is 5.61. The molecule has 0 aliphatic carbocycles. The van der Waals surface area contributed by atoms with E-state index in [4.69, 9.17) is 4.74 Å². The summed E-state index contributed by atoms with van der Waals surface area (Å²) in [5.41, 5.74) is 1.10. The second-order valence-corrected chi connectivity index (χ2v) is 7.17. The number of hydrogen-bond acceptors (Lipinski definition) is 8. The van der Waals surface area contributed by atoms with Crippen LogP contribution in [0.4, 0.5) is 4.79 Å². The normalized spacial score (nSPS) is 10.5. The lowest BCUT2D eigenvalue weighted by atomic mass is 10.2. The number of nitrogens with zero attached hydrogens (tertiary/aromatic N) is 2. The molecule has 2 aromatic rings. The number of nitrogens with one attached hydrogen (secondary N) is 2. The van der Waals surface area contributed by atoms with Crippen molar-refractivity contribution in [2.45, 2.75) is 25.8 Å². The van der Waals surface area contributed by atoms with Crippen LogP contribution in [0, 0.1) is 13.8 Å². The summed E-state index contributed by atoms with van der Waals surface area (Å²) in [4.78, 5) is 44.9. The number of aryl methyl sites for hydroxylation is 2. The SMILES string of the molecule is CCNC(=O)NC(=O)COC(=O)CSc1ncnc2sc(C)c(C)c12. The van der Waals surface area contributed by atoms with E-state index in [-0.39, 0.29) is 5.75 Å². The minimum atomic E-state index is -0.682. The Balaban J connectivity index is 1.86. The number of esters is 1. The van der Waals surface area contributed by atoms with Gasteiger partial charge in [-0.1, -0.05) is 11.8 Å². The second-order valence-electron chi connectivity index (χ2n) is 5.00. The number of aromatic nitrogens is 2. The van der Waals surface area contributed by atoms with Crippen molar-refractivity contribution >= 4 is 51.2 Å². The van der Waals surface area contributed by atoms with E-state index in [1.54, 1.807) is 18.3 Å². The van der Waals surface area contributed by atoms with Crippen LogP contribution in [-0.2, 0) is 14.3 Å². The molecule has 8 nitrogen and oxygen atoms in total. The van der Waals surface area contributed by atoms with Crippen molar-refractivity contribution in [1.82, 2.24) is 20.6 Å². The Morgan fingerprint density at radius 2 is 2.04 bits per heavy atom. The smallest absolute Gasteiger partial charge is 0.321 e. The molecule has 0 saturated carbocycles. The molecule has 25 heavy (non-hydrogen) atoms. The molecule has 10 heteroatoms. The number of amides is 3. The van der Waals surface area contributed by atoms with E-state index in [1.165, 1.54) is 18.1 Å². The van der Waals surface area contributed by atoms with Gasteiger partial charge in [-0.15, -0.1) is 11.3 Å². The molecule has 0 fully saturated rings. The lowest BCUT2D eigenvalue weighted by Gasteiger charge is -2.06. The molecule has 2 aromatic heterocycles. The van der Waals surface area contributed by atoms with E-state index in [1.807, 2.05) is 13.8 Å². The predicted molar refractivity (Wildman–Crippen MR) is 95.8 cm³/mol. The Bertz CT molecular complexity index is 806.